The van der Waals surface area contributed by atoms with E-state index >= 15 is 0 Å². The van der Waals surface area contributed by atoms with Gasteiger partial charge in [-0.05, 0) is 50.4 Å². The van der Waals surface area contributed by atoms with Gasteiger partial charge in [0, 0.05) is 26.3 Å². The standard InChI is InChI=1S/C23H31N3O4/c1-2-18-20-19(15-23(16-24-21(20)27)9-13-29-14-10-23)26(25-18)11-5-6-12-30-22(28)17-7-3-4-8-17/h3,7-8H,2,4-6,9-16H2,1H3,(H,24,27). The second-order valence-corrected chi connectivity index (χ2v) is 8.46. The minimum atomic E-state index is -0.247. The van der Waals surface area contributed by atoms with Gasteiger partial charge in [0.05, 0.1) is 29.1 Å². The summed E-state index contributed by atoms with van der Waals surface area (Å²) in [4.78, 5) is 24.8. The van der Waals surface area contributed by atoms with Gasteiger partial charge in [0.15, 0.2) is 0 Å². The maximum atomic E-state index is 12.8. The van der Waals surface area contributed by atoms with E-state index in [1.807, 2.05) is 29.8 Å². The second kappa shape index (κ2) is 9.16. The van der Waals surface area contributed by atoms with Crippen LogP contribution in [0, 0.1) is 5.41 Å². The number of allylic oxidation sites excluding steroid dienone is 2. The van der Waals surface area contributed by atoms with Crippen molar-refractivity contribution >= 4 is 11.9 Å². The number of carbonyl (C=O) groups excluding carboxylic acids is 2. The molecule has 1 saturated heterocycles. The Morgan fingerprint density at radius 3 is 2.90 bits per heavy atom. The lowest BCUT2D eigenvalue weighted by Crippen LogP contribution is -2.40. The SMILES string of the molecule is CCc1nn(CCCCOC(=O)C2=CCC=C2)c2c1C(=O)NCC1(CCOCC1)C2. The number of unbranched alkanes of at least 4 members (excludes halogenated alkanes) is 1. The number of ether oxygens (including phenoxy) is 2. The molecule has 1 amide bonds. The van der Waals surface area contributed by atoms with Gasteiger partial charge >= 0.3 is 5.97 Å². The highest BCUT2D eigenvalue weighted by Crippen LogP contribution is 2.37. The summed E-state index contributed by atoms with van der Waals surface area (Å²) in [6.45, 7) is 5.36. The van der Waals surface area contributed by atoms with Gasteiger partial charge in [-0.1, -0.05) is 25.2 Å². The van der Waals surface area contributed by atoms with Gasteiger partial charge in [-0.15, -0.1) is 0 Å². The van der Waals surface area contributed by atoms with Crippen LogP contribution in [0.4, 0.5) is 0 Å². The molecule has 0 radical (unpaired) electrons. The number of hydrogen-bond acceptors (Lipinski definition) is 5. The molecule has 1 fully saturated rings. The number of aryl methyl sites for hydroxylation is 2. The van der Waals surface area contributed by atoms with Crippen LogP contribution in [-0.4, -0.2) is 48.0 Å². The molecule has 0 aromatic carbocycles. The maximum Gasteiger partial charge on any atom is 0.337 e. The molecule has 1 aromatic rings. The van der Waals surface area contributed by atoms with Gasteiger partial charge in [0.2, 0.25) is 0 Å². The average molecular weight is 414 g/mol. The summed E-state index contributed by atoms with van der Waals surface area (Å²) in [7, 11) is 0. The zero-order valence-corrected chi connectivity index (χ0v) is 17.7. The molecule has 2 aliphatic heterocycles. The molecule has 0 atom stereocenters. The van der Waals surface area contributed by atoms with Crippen LogP contribution in [0.25, 0.3) is 0 Å². The van der Waals surface area contributed by atoms with E-state index in [9.17, 15) is 9.59 Å². The summed E-state index contributed by atoms with van der Waals surface area (Å²) in [6, 6.07) is 0. The third kappa shape index (κ3) is 4.36. The minimum Gasteiger partial charge on any atom is -0.462 e. The molecule has 7 heteroatoms. The number of hydrogen-bond donors (Lipinski definition) is 1. The Hall–Kier alpha value is -2.41. The van der Waals surface area contributed by atoms with Crippen molar-refractivity contribution < 1.29 is 19.1 Å². The van der Waals surface area contributed by atoms with E-state index in [0.29, 0.717) is 18.7 Å². The lowest BCUT2D eigenvalue weighted by molar-refractivity contribution is -0.138. The van der Waals surface area contributed by atoms with Gasteiger partial charge in [-0.25, -0.2) is 4.79 Å². The third-order valence-electron chi connectivity index (χ3n) is 6.42. The van der Waals surface area contributed by atoms with Crippen LogP contribution in [0.15, 0.2) is 23.8 Å². The Kier molecular flexibility index (Phi) is 6.37. The lowest BCUT2D eigenvalue weighted by atomic mass is 9.76. The molecule has 162 valence electrons. The van der Waals surface area contributed by atoms with E-state index in [-0.39, 0.29) is 17.3 Å². The van der Waals surface area contributed by atoms with Gasteiger partial charge < -0.3 is 14.8 Å². The third-order valence-corrected chi connectivity index (χ3v) is 6.42. The highest BCUT2D eigenvalue weighted by atomic mass is 16.5. The van der Waals surface area contributed by atoms with Gasteiger partial charge in [0.1, 0.15) is 0 Å². The van der Waals surface area contributed by atoms with Crippen molar-refractivity contribution in [3.05, 3.63) is 40.8 Å². The van der Waals surface area contributed by atoms with Crippen molar-refractivity contribution in [2.45, 2.75) is 58.4 Å². The summed E-state index contributed by atoms with van der Waals surface area (Å²) in [6.07, 6.45) is 11.6. The van der Waals surface area contributed by atoms with Crippen LogP contribution < -0.4 is 5.32 Å². The van der Waals surface area contributed by atoms with Crippen LogP contribution in [0.5, 0.6) is 0 Å². The van der Waals surface area contributed by atoms with Crippen LogP contribution in [-0.2, 0) is 33.7 Å². The first-order chi connectivity index (χ1) is 14.6. The first kappa shape index (κ1) is 20.8. The molecule has 3 heterocycles. The molecular weight excluding hydrogens is 382 g/mol. The molecule has 30 heavy (non-hydrogen) atoms. The zero-order chi connectivity index (χ0) is 21.0. The Balaban J connectivity index is 1.40. The fourth-order valence-corrected chi connectivity index (χ4v) is 4.58. The summed E-state index contributed by atoms with van der Waals surface area (Å²) in [5.41, 5.74) is 3.40. The van der Waals surface area contributed by atoms with Gasteiger partial charge in [-0.2, -0.15) is 5.10 Å². The van der Waals surface area contributed by atoms with Crippen LogP contribution in [0.2, 0.25) is 0 Å². The highest BCUT2D eigenvalue weighted by molar-refractivity contribution is 5.97. The number of amides is 1. The van der Waals surface area contributed by atoms with Crippen molar-refractivity contribution in [2.24, 2.45) is 5.41 Å². The van der Waals surface area contributed by atoms with Crippen LogP contribution in [0.3, 0.4) is 0 Å². The van der Waals surface area contributed by atoms with Crippen molar-refractivity contribution in [3.63, 3.8) is 0 Å². The van der Waals surface area contributed by atoms with Crippen molar-refractivity contribution in [1.82, 2.24) is 15.1 Å². The first-order valence-corrected chi connectivity index (χ1v) is 11.1. The first-order valence-electron chi connectivity index (χ1n) is 11.1. The van der Waals surface area contributed by atoms with E-state index in [2.05, 4.69) is 5.32 Å². The number of fused-ring (bicyclic) bond motifs is 1. The van der Waals surface area contributed by atoms with Crippen LogP contribution >= 0.6 is 0 Å². The Labute approximate surface area is 177 Å². The number of nitrogens with zero attached hydrogens (tertiary/aromatic N) is 2. The number of esters is 1. The minimum absolute atomic E-state index is 0.00305. The molecule has 1 spiro atoms. The molecule has 1 aromatic heterocycles. The monoisotopic (exact) mass is 413 g/mol. The van der Waals surface area contributed by atoms with E-state index in [4.69, 9.17) is 14.6 Å². The summed E-state index contributed by atoms with van der Waals surface area (Å²) in [5, 5.41) is 7.92. The molecule has 1 N–H and O–H groups in total. The summed E-state index contributed by atoms with van der Waals surface area (Å²) >= 11 is 0. The van der Waals surface area contributed by atoms with Crippen LogP contribution in [0.1, 0.15) is 60.8 Å². The topological polar surface area (TPSA) is 82.5 Å². The average Bonchev–Trinajstić information content (AvgIpc) is 3.38. The molecular formula is C23H31N3O4. The number of rotatable bonds is 7. The maximum absolute atomic E-state index is 12.8. The Morgan fingerprint density at radius 2 is 2.17 bits per heavy atom. The van der Waals surface area contributed by atoms with E-state index in [1.165, 1.54) is 0 Å². The summed E-state index contributed by atoms with van der Waals surface area (Å²) in [5.74, 6) is -0.244. The van der Waals surface area contributed by atoms with Gasteiger partial charge in [-0.3, -0.25) is 9.48 Å². The highest BCUT2D eigenvalue weighted by Gasteiger charge is 2.39. The molecule has 3 aliphatic rings. The van der Waals surface area contributed by atoms with E-state index in [1.54, 1.807) is 0 Å². The largest absolute Gasteiger partial charge is 0.462 e. The molecule has 0 bridgehead atoms. The number of aromatic nitrogens is 2. The van der Waals surface area contributed by atoms with Gasteiger partial charge in [0.25, 0.3) is 5.91 Å². The lowest BCUT2D eigenvalue weighted by Gasteiger charge is -2.36. The van der Waals surface area contributed by atoms with Crippen molar-refractivity contribution in [3.8, 4) is 0 Å². The fourth-order valence-electron chi connectivity index (χ4n) is 4.58. The van der Waals surface area contributed by atoms with Crippen molar-refractivity contribution in [1.29, 1.82) is 0 Å². The normalized spacial score (nSPS) is 19.9. The zero-order valence-electron chi connectivity index (χ0n) is 17.7. The van der Waals surface area contributed by atoms with E-state index in [0.717, 1.165) is 81.7 Å². The molecule has 0 unspecified atom stereocenters. The van der Waals surface area contributed by atoms with E-state index < -0.39 is 0 Å². The van der Waals surface area contributed by atoms with Crippen molar-refractivity contribution in [2.75, 3.05) is 26.4 Å². The second-order valence-electron chi connectivity index (χ2n) is 8.46. The predicted octanol–water partition coefficient (Wildman–Crippen LogP) is 2.74. The smallest absolute Gasteiger partial charge is 0.337 e. The Morgan fingerprint density at radius 1 is 1.33 bits per heavy atom. The molecule has 1 aliphatic carbocycles. The number of carbonyl (C=O) groups is 2. The molecule has 7 nitrogen and oxygen atoms in total. The number of nitrogens with one attached hydrogen (secondary N) is 1. The Bertz CT molecular complexity index is 862. The molecule has 4 rings (SSSR count). The molecule has 0 saturated carbocycles. The fraction of sp³-hybridized carbons (Fsp3) is 0.609. The summed E-state index contributed by atoms with van der Waals surface area (Å²) < 4.78 is 13.0. The quantitative estimate of drug-likeness (QED) is 0.549. The predicted molar refractivity (Wildman–Crippen MR) is 112 cm³/mol.